The monoisotopic (exact) mass is 241 g/mol. The van der Waals surface area contributed by atoms with Crippen LogP contribution in [-0.2, 0) is 7.05 Å². The second-order valence-electron chi connectivity index (χ2n) is 4.07. The van der Waals surface area contributed by atoms with Gasteiger partial charge in [0.1, 0.15) is 5.39 Å². The van der Waals surface area contributed by atoms with E-state index in [1.54, 1.807) is 17.7 Å². The van der Waals surface area contributed by atoms with Gasteiger partial charge in [0.2, 0.25) is 0 Å². The number of nitrogens with two attached hydrogens (primary N) is 1. The van der Waals surface area contributed by atoms with Gasteiger partial charge in [0.25, 0.3) is 5.56 Å². The molecular formula is C13H11N3O2. The van der Waals surface area contributed by atoms with Crippen molar-refractivity contribution in [2.24, 2.45) is 7.05 Å². The smallest absolute Gasteiger partial charge is 0.265 e. The fraction of sp³-hybridized carbons (Fsp3) is 0.0769. The fourth-order valence-electron chi connectivity index (χ4n) is 2.01. The first kappa shape index (κ1) is 10.6. The molecule has 0 unspecified atom stereocenters. The minimum atomic E-state index is -0.204. The summed E-state index contributed by atoms with van der Waals surface area (Å²) in [6.45, 7) is 0. The summed E-state index contributed by atoms with van der Waals surface area (Å²) in [5.74, 6) is 0.130. The molecular weight excluding hydrogens is 230 g/mol. The number of aromatic nitrogens is 2. The van der Waals surface area contributed by atoms with Crippen LogP contribution in [0.4, 0.5) is 5.82 Å². The predicted octanol–water partition coefficient (Wildman–Crippen LogP) is 1.78. The Balaban J connectivity index is 2.39. The van der Waals surface area contributed by atoms with Crippen molar-refractivity contribution in [2.75, 3.05) is 5.73 Å². The number of benzene rings is 1. The average molecular weight is 241 g/mol. The van der Waals surface area contributed by atoms with Gasteiger partial charge in [-0.25, -0.2) is 0 Å². The van der Waals surface area contributed by atoms with Gasteiger partial charge in [-0.1, -0.05) is 35.5 Å². The van der Waals surface area contributed by atoms with Crippen LogP contribution in [0.25, 0.3) is 22.2 Å². The number of hydrogen-bond donors (Lipinski definition) is 1. The Morgan fingerprint density at radius 1 is 1.28 bits per heavy atom. The minimum Gasteiger partial charge on any atom is -0.380 e. The molecule has 0 saturated heterocycles. The van der Waals surface area contributed by atoms with Gasteiger partial charge in [0.05, 0.1) is 5.69 Å². The standard InChI is InChI=1S/C13H11N3O2/c1-16-9(8-5-3-2-4-6-8)7-10-11(13(16)17)12(14)15-18-10/h2-7H,1H3,(H2,14,15). The molecule has 2 aromatic heterocycles. The number of anilines is 1. The zero-order valence-electron chi connectivity index (χ0n) is 9.75. The maximum atomic E-state index is 12.2. The highest BCUT2D eigenvalue weighted by atomic mass is 16.5. The lowest BCUT2D eigenvalue weighted by atomic mass is 10.1. The molecule has 5 nitrogen and oxygen atoms in total. The van der Waals surface area contributed by atoms with Crippen LogP contribution in [0, 0.1) is 0 Å². The Morgan fingerprint density at radius 2 is 2.00 bits per heavy atom. The van der Waals surface area contributed by atoms with Gasteiger partial charge in [0, 0.05) is 13.1 Å². The molecule has 0 amide bonds. The van der Waals surface area contributed by atoms with E-state index in [0.717, 1.165) is 11.3 Å². The Morgan fingerprint density at radius 3 is 2.72 bits per heavy atom. The van der Waals surface area contributed by atoms with Crippen molar-refractivity contribution in [2.45, 2.75) is 0 Å². The Kier molecular flexibility index (Phi) is 2.19. The summed E-state index contributed by atoms with van der Waals surface area (Å²) in [6.07, 6.45) is 0. The number of pyridine rings is 1. The first-order valence-electron chi connectivity index (χ1n) is 5.49. The lowest BCUT2D eigenvalue weighted by Gasteiger charge is -2.07. The second-order valence-corrected chi connectivity index (χ2v) is 4.07. The van der Waals surface area contributed by atoms with Gasteiger partial charge in [-0.3, -0.25) is 4.79 Å². The van der Waals surface area contributed by atoms with Crippen LogP contribution < -0.4 is 11.3 Å². The Bertz CT molecular complexity index is 772. The lowest BCUT2D eigenvalue weighted by molar-refractivity contribution is 0.460. The van der Waals surface area contributed by atoms with E-state index >= 15 is 0 Å². The largest absolute Gasteiger partial charge is 0.380 e. The summed E-state index contributed by atoms with van der Waals surface area (Å²) in [5, 5.41) is 3.95. The predicted molar refractivity (Wildman–Crippen MR) is 69.1 cm³/mol. The van der Waals surface area contributed by atoms with Gasteiger partial charge in [-0.05, 0) is 5.56 Å². The molecule has 90 valence electrons. The van der Waals surface area contributed by atoms with Crippen LogP contribution in [0.1, 0.15) is 0 Å². The van der Waals surface area contributed by atoms with Gasteiger partial charge in [-0.2, -0.15) is 0 Å². The molecule has 2 N–H and O–H groups in total. The van der Waals surface area contributed by atoms with E-state index < -0.39 is 0 Å². The van der Waals surface area contributed by atoms with Gasteiger partial charge >= 0.3 is 0 Å². The van der Waals surface area contributed by atoms with E-state index in [-0.39, 0.29) is 11.4 Å². The van der Waals surface area contributed by atoms with Crippen molar-refractivity contribution in [3.05, 3.63) is 46.8 Å². The van der Waals surface area contributed by atoms with Crippen LogP contribution in [0.3, 0.4) is 0 Å². The lowest BCUT2D eigenvalue weighted by Crippen LogP contribution is -2.18. The highest BCUT2D eigenvalue weighted by Crippen LogP contribution is 2.23. The van der Waals surface area contributed by atoms with Crippen molar-refractivity contribution >= 4 is 16.8 Å². The summed E-state index contributed by atoms with van der Waals surface area (Å²) in [4.78, 5) is 12.2. The third-order valence-electron chi connectivity index (χ3n) is 2.96. The van der Waals surface area contributed by atoms with E-state index in [2.05, 4.69) is 5.16 Å². The number of nitrogens with zero attached hydrogens (tertiary/aromatic N) is 2. The van der Waals surface area contributed by atoms with Crippen molar-refractivity contribution in [3.8, 4) is 11.3 Å². The summed E-state index contributed by atoms with van der Waals surface area (Å²) >= 11 is 0. The zero-order valence-corrected chi connectivity index (χ0v) is 9.75. The highest BCUT2D eigenvalue weighted by Gasteiger charge is 2.14. The number of hydrogen-bond acceptors (Lipinski definition) is 4. The summed E-state index contributed by atoms with van der Waals surface area (Å²) in [6, 6.07) is 11.4. The molecule has 0 radical (unpaired) electrons. The maximum Gasteiger partial charge on any atom is 0.265 e. The quantitative estimate of drug-likeness (QED) is 0.704. The SMILES string of the molecule is Cn1c(-c2ccccc2)cc2onc(N)c2c1=O. The van der Waals surface area contributed by atoms with E-state index in [1.807, 2.05) is 30.3 Å². The number of rotatable bonds is 1. The van der Waals surface area contributed by atoms with Gasteiger partial charge < -0.3 is 14.8 Å². The van der Waals surface area contributed by atoms with Gasteiger partial charge in [-0.15, -0.1) is 0 Å². The molecule has 3 aromatic rings. The minimum absolute atomic E-state index is 0.130. The van der Waals surface area contributed by atoms with E-state index in [4.69, 9.17) is 10.3 Å². The van der Waals surface area contributed by atoms with E-state index in [0.29, 0.717) is 11.0 Å². The van der Waals surface area contributed by atoms with Crippen LogP contribution in [-0.4, -0.2) is 9.72 Å². The molecule has 3 rings (SSSR count). The first-order valence-corrected chi connectivity index (χ1v) is 5.49. The molecule has 1 aromatic carbocycles. The molecule has 0 aliphatic rings. The average Bonchev–Trinajstić information content (AvgIpc) is 2.76. The van der Waals surface area contributed by atoms with E-state index in [9.17, 15) is 4.79 Å². The van der Waals surface area contributed by atoms with Crippen LogP contribution in [0.5, 0.6) is 0 Å². The van der Waals surface area contributed by atoms with Crippen molar-refractivity contribution in [1.82, 2.24) is 9.72 Å². The molecule has 0 spiro atoms. The zero-order chi connectivity index (χ0) is 12.7. The van der Waals surface area contributed by atoms with Gasteiger partial charge in [0.15, 0.2) is 11.4 Å². The molecule has 0 bridgehead atoms. The third-order valence-corrected chi connectivity index (χ3v) is 2.96. The van der Waals surface area contributed by atoms with Crippen LogP contribution >= 0.6 is 0 Å². The Hall–Kier alpha value is -2.56. The van der Waals surface area contributed by atoms with Crippen molar-refractivity contribution < 1.29 is 4.52 Å². The fourth-order valence-corrected chi connectivity index (χ4v) is 2.01. The Labute approximate surface area is 102 Å². The van der Waals surface area contributed by atoms with Crippen molar-refractivity contribution in [3.63, 3.8) is 0 Å². The second kappa shape index (κ2) is 3.73. The van der Waals surface area contributed by atoms with Crippen molar-refractivity contribution in [1.29, 1.82) is 0 Å². The molecule has 0 saturated carbocycles. The maximum absolute atomic E-state index is 12.2. The van der Waals surface area contributed by atoms with Crippen LogP contribution in [0.15, 0.2) is 45.7 Å². The number of nitrogen functional groups attached to an aromatic ring is 1. The van der Waals surface area contributed by atoms with E-state index in [1.165, 1.54) is 0 Å². The molecule has 18 heavy (non-hydrogen) atoms. The molecule has 0 fully saturated rings. The molecule has 0 aliphatic carbocycles. The normalized spacial score (nSPS) is 10.9. The molecule has 0 aliphatic heterocycles. The summed E-state index contributed by atoms with van der Waals surface area (Å²) in [5.41, 5.74) is 7.53. The summed E-state index contributed by atoms with van der Waals surface area (Å²) < 4.78 is 6.61. The third kappa shape index (κ3) is 1.41. The molecule has 2 heterocycles. The summed E-state index contributed by atoms with van der Waals surface area (Å²) in [7, 11) is 1.70. The van der Waals surface area contributed by atoms with Crippen LogP contribution in [0.2, 0.25) is 0 Å². The molecule has 0 atom stereocenters. The number of fused-ring (bicyclic) bond motifs is 1. The molecule has 5 heteroatoms. The first-order chi connectivity index (χ1) is 8.68. The highest BCUT2D eigenvalue weighted by molar-refractivity contribution is 5.88. The topological polar surface area (TPSA) is 74.1 Å².